The van der Waals surface area contributed by atoms with E-state index >= 15 is 0 Å². The van der Waals surface area contributed by atoms with Crippen LogP contribution in [0, 0.1) is 17.0 Å². The summed E-state index contributed by atoms with van der Waals surface area (Å²) in [5, 5.41) is 18.7. The fourth-order valence-corrected chi connectivity index (χ4v) is 3.63. The van der Waals surface area contributed by atoms with E-state index in [1.165, 1.54) is 18.4 Å². The number of nitrogens with one attached hydrogen (secondary N) is 1. The number of sulfonamides is 1. The van der Waals surface area contributed by atoms with Crippen LogP contribution in [0.25, 0.3) is 11.5 Å². The van der Waals surface area contributed by atoms with E-state index in [9.17, 15) is 18.5 Å². The molecule has 2 heterocycles. The Bertz CT molecular complexity index is 1070. The number of nitro benzene ring substituents is 1. The fraction of sp³-hybridized carbons (Fsp3) is 0.176. The van der Waals surface area contributed by atoms with E-state index in [4.69, 9.17) is 9.15 Å². The second-order valence-corrected chi connectivity index (χ2v) is 7.42. The Morgan fingerprint density at radius 2 is 2.04 bits per heavy atom. The van der Waals surface area contributed by atoms with E-state index in [2.05, 4.69) is 14.9 Å². The maximum absolute atomic E-state index is 12.4. The van der Waals surface area contributed by atoms with Crippen molar-refractivity contribution in [3.05, 3.63) is 64.4 Å². The van der Waals surface area contributed by atoms with Gasteiger partial charge in [-0.2, -0.15) is 0 Å². The van der Waals surface area contributed by atoms with Gasteiger partial charge in [0, 0.05) is 24.7 Å². The molecule has 10 nitrogen and oxygen atoms in total. The zero-order valence-electron chi connectivity index (χ0n) is 14.7. The number of hydrogen-bond donors (Lipinski definition) is 1. The molecule has 0 aliphatic heterocycles. The van der Waals surface area contributed by atoms with Crippen LogP contribution < -0.4 is 9.46 Å². The third-order valence-corrected chi connectivity index (χ3v) is 5.33. The molecule has 0 saturated carbocycles. The second-order valence-electron chi connectivity index (χ2n) is 5.69. The summed E-state index contributed by atoms with van der Waals surface area (Å²) >= 11 is 0. The van der Waals surface area contributed by atoms with Gasteiger partial charge in [0.1, 0.15) is 12.3 Å². The molecule has 1 N–H and O–H groups in total. The molecule has 0 aliphatic rings. The van der Waals surface area contributed by atoms with Crippen molar-refractivity contribution in [1.29, 1.82) is 0 Å². The Morgan fingerprint density at radius 1 is 1.21 bits per heavy atom. The van der Waals surface area contributed by atoms with E-state index < -0.39 is 14.9 Å². The molecule has 0 amide bonds. The highest BCUT2D eigenvalue weighted by Gasteiger charge is 2.20. The van der Waals surface area contributed by atoms with E-state index in [1.807, 2.05) is 0 Å². The van der Waals surface area contributed by atoms with Crippen molar-refractivity contribution in [2.45, 2.75) is 11.8 Å². The lowest BCUT2D eigenvalue weighted by Crippen LogP contribution is -2.29. The molecule has 1 aromatic carbocycles. The predicted molar refractivity (Wildman–Crippen MR) is 98.3 cm³/mol. The van der Waals surface area contributed by atoms with Crippen LogP contribution in [-0.2, 0) is 10.0 Å². The lowest BCUT2D eigenvalue weighted by molar-refractivity contribution is -0.385. The number of aryl methyl sites for hydroxylation is 1. The minimum absolute atomic E-state index is 0.00197. The first-order chi connectivity index (χ1) is 13.4. The molecule has 0 unspecified atom stereocenters. The number of non-ortho nitro benzene ring substituents is 1. The maximum atomic E-state index is 12.4. The van der Waals surface area contributed by atoms with Gasteiger partial charge in [0.05, 0.1) is 16.1 Å². The van der Waals surface area contributed by atoms with Crippen LogP contribution in [0.2, 0.25) is 0 Å². The van der Waals surface area contributed by atoms with Crippen molar-refractivity contribution >= 4 is 15.7 Å². The van der Waals surface area contributed by atoms with Crippen molar-refractivity contribution in [2.75, 3.05) is 13.2 Å². The van der Waals surface area contributed by atoms with Gasteiger partial charge < -0.3 is 9.15 Å². The lowest BCUT2D eigenvalue weighted by atomic mass is 10.2. The lowest BCUT2D eigenvalue weighted by Gasteiger charge is -2.10. The summed E-state index contributed by atoms with van der Waals surface area (Å²) in [6.07, 6.45) is 1.52. The molecule has 11 heteroatoms. The number of furan rings is 1. The number of rotatable bonds is 8. The second kappa shape index (κ2) is 8.15. The monoisotopic (exact) mass is 404 g/mol. The molecular formula is C17H16N4O6S. The quantitative estimate of drug-likeness (QED) is 0.343. The Hall–Kier alpha value is -3.31. The van der Waals surface area contributed by atoms with Gasteiger partial charge in [-0.1, -0.05) is 6.07 Å². The number of hydrogen-bond acceptors (Lipinski definition) is 8. The van der Waals surface area contributed by atoms with E-state index in [0.717, 1.165) is 6.07 Å². The van der Waals surface area contributed by atoms with Crippen molar-refractivity contribution in [3.8, 4) is 17.3 Å². The number of aromatic nitrogens is 2. The van der Waals surface area contributed by atoms with Crippen molar-refractivity contribution in [1.82, 2.24) is 14.9 Å². The standard InChI is InChI=1S/C17H16N4O6S/c1-12-4-5-13(21(22)23)11-16(12)28(24,25)18-8-10-27-17-7-6-14(19-20-17)15-3-2-9-26-15/h2-7,9,11,18H,8,10H2,1H3. The first-order valence-corrected chi connectivity index (χ1v) is 9.60. The number of benzene rings is 1. The Labute approximate surface area is 160 Å². The van der Waals surface area contributed by atoms with E-state index in [-0.39, 0.29) is 29.6 Å². The normalized spacial score (nSPS) is 11.3. The average molecular weight is 404 g/mol. The highest BCUT2D eigenvalue weighted by atomic mass is 32.2. The van der Waals surface area contributed by atoms with Crippen LogP contribution in [0.1, 0.15) is 5.56 Å². The van der Waals surface area contributed by atoms with Gasteiger partial charge in [0.2, 0.25) is 15.9 Å². The molecule has 0 radical (unpaired) electrons. The zero-order valence-corrected chi connectivity index (χ0v) is 15.5. The largest absolute Gasteiger partial charge is 0.475 e. The fourth-order valence-electron chi connectivity index (χ4n) is 2.35. The number of ether oxygens (including phenoxy) is 1. The molecule has 0 atom stereocenters. The number of nitro groups is 1. The topological polar surface area (TPSA) is 137 Å². The van der Waals surface area contributed by atoms with Crippen LogP contribution in [0.5, 0.6) is 5.88 Å². The van der Waals surface area contributed by atoms with Gasteiger partial charge in [-0.3, -0.25) is 10.1 Å². The third-order valence-electron chi connectivity index (χ3n) is 3.73. The highest BCUT2D eigenvalue weighted by Crippen LogP contribution is 2.21. The summed E-state index contributed by atoms with van der Waals surface area (Å²) in [7, 11) is -3.92. The SMILES string of the molecule is Cc1ccc([N+](=O)[O-])cc1S(=O)(=O)NCCOc1ccc(-c2ccco2)nn1. The molecule has 0 spiro atoms. The van der Waals surface area contributed by atoms with Crippen LogP contribution in [0.3, 0.4) is 0 Å². The molecule has 0 aliphatic carbocycles. The van der Waals surface area contributed by atoms with Crippen molar-refractivity contribution in [2.24, 2.45) is 0 Å². The van der Waals surface area contributed by atoms with Crippen LogP contribution >= 0.6 is 0 Å². The van der Waals surface area contributed by atoms with Gasteiger partial charge in [-0.05, 0) is 30.7 Å². The molecule has 3 rings (SSSR count). The van der Waals surface area contributed by atoms with Crippen LogP contribution in [0.15, 0.2) is 58.0 Å². The molecule has 0 bridgehead atoms. The Kier molecular flexibility index (Phi) is 5.66. The summed E-state index contributed by atoms with van der Waals surface area (Å²) < 4.78 is 37.7. The summed E-state index contributed by atoms with van der Waals surface area (Å²) in [4.78, 5) is 10.1. The molecular weight excluding hydrogens is 388 g/mol. The zero-order chi connectivity index (χ0) is 20.1. The molecule has 3 aromatic rings. The van der Waals surface area contributed by atoms with Gasteiger partial charge in [-0.25, -0.2) is 13.1 Å². The molecule has 2 aromatic heterocycles. The smallest absolute Gasteiger partial charge is 0.270 e. The van der Waals surface area contributed by atoms with Crippen LogP contribution in [-0.4, -0.2) is 36.7 Å². The molecule has 0 fully saturated rings. The first-order valence-electron chi connectivity index (χ1n) is 8.12. The van der Waals surface area contributed by atoms with Gasteiger partial charge in [0.15, 0.2) is 5.76 Å². The highest BCUT2D eigenvalue weighted by molar-refractivity contribution is 7.89. The van der Waals surface area contributed by atoms with Crippen LogP contribution in [0.4, 0.5) is 5.69 Å². The predicted octanol–water partition coefficient (Wildman–Crippen LogP) is 2.31. The Morgan fingerprint density at radius 3 is 2.68 bits per heavy atom. The van der Waals surface area contributed by atoms with Gasteiger partial charge in [0.25, 0.3) is 5.69 Å². The molecule has 0 saturated heterocycles. The van der Waals surface area contributed by atoms with Crippen molar-refractivity contribution in [3.63, 3.8) is 0 Å². The number of nitrogens with zero attached hydrogens (tertiary/aromatic N) is 3. The summed E-state index contributed by atoms with van der Waals surface area (Å²) in [5.41, 5.74) is 0.645. The third kappa shape index (κ3) is 4.50. The minimum Gasteiger partial charge on any atom is -0.475 e. The van der Waals surface area contributed by atoms with E-state index in [1.54, 1.807) is 31.2 Å². The summed E-state index contributed by atoms with van der Waals surface area (Å²) in [6.45, 7) is 1.51. The first kappa shape index (κ1) is 19.5. The van der Waals surface area contributed by atoms with Gasteiger partial charge >= 0.3 is 0 Å². The van der Waals surface area contributed by atoms with Crippen molar-refractivity contribution < 1.29 is 22.5 Å². The molecule has 28 heavy (non-hydrogen) atoms. The minimum atomic E-state index is -3.92. The summed E-state index contributed by atoms with van der Waals surface area (Å²) in [6, 6.07) is 10.4. The van der Waals surface area contributed by atoms with E-state index in [0.29, 0.717) is 17.0 Å². The molecule has 146 valence electrons. The Balaban J connectivity index is 1.57. The average Bonchev–Trinajstić information content (AvgIpc) is 3.20. The van der Waals surface area contributed by atoms with Gasteiger partial charge in [-0.15, -0.1) is 10.2 Å². The maximum Gasteiger partial charge on any atom is 0.270 e. The summed E-state index contributed by atoms with van der Waals surface area (Å²) in [5.74, 6) is 0.792.